The molecule has 0 saturated carbocycles. The van der Waals surface area contributed by atoms with Crippen molar-refractivity contribution in [1.82, 2.24) is 10.3 Å². The number of carboxylic acids is 1. The van der Waals surface area contributed by atoms with E-state index in [1.165, 1.54) is 11.3 Å². The highest BCUT2D eigenvalue weighted by Crippen LogP contribution is 2.28. The maximum absolute atomic E-state index is 12.0. The van der Waals surface area contributed by atoms with Crippen LogP contribution in [-0.2, 0) is 22.4 Å². The minimum absolute atomic E-state index is 0.149. The first kappa shape index (κ1) is 14.3. The molecule has 1 aliphatic heterocycles. The number of rotatable bonds is 5. The second-order valence-corrected chi connectivity index (χ2v) is 6.55. The molecular formula is C12H16N2O3S2. The Bertz CT molecular complexity index is 481. The van der Waals surface area contributed by atoms with Gasteiger partial charge in [-0.25, -0.2) is 9.78 Å². The molecule has 1 unspecified atom stereocenters. The highest BCUT2D eigenvalue weighted by molar-refractivity contribution is 7.99. The van der Waals surface area contributed by atoms with Gasteiger partial charge in [-0.15, -0.1) is 11.3 Å². The minimum Gasteiger partial charge on any atom is -0.479 e. The van der Waals surface area contributed by atoms with Crippen molar-refractivity contribution in [2.24, 2.45) is 0 Å². The number of carbonyl (C=O) groups excluding carboxylic acids is 1. The van der Waals surface area contributed by atoms with Crippen LogP contribution >= 0.6 is 23.1 Å². The van der Waals surface area contributed by atoms with Gasteiger partial charge in [0.05, 0.1) is 17.1 Å². The number of carbonyl (C=O) groups is 2. The van der Waals surface area contributed by atoms with Gasteiger partial charge in [-0.1, -0.05) is 6.92 Å². The fourth-order valence-corrected chi connectivity index (χ4v) is 4.02. The van der Waals surface area contributed by atoms with Crippen LogP contribution in [-0.4, -0.2) is 39.0 Å². The Hall–Kier alpha value is -1.08. The maximum atomic E-state index is 12.0. The van der Waals surface area contributed by atoms with Crippen molar-refractivity contribution in [2.45, 2.75) is 31.7 Å². The topological polar surface area (TPSA) is 79.3 Å². The fraction of sp³-hybridized carbons (Fsp3) is 0.583. The summed E-state index contributed by atoms with van der Waals surface area (Å²) in [6, 6.07) is 0. The number of carboxylic acid groups (broad SMARTS) is 1. The Morgan fingerprint density at radius 2 is 2.37 bits per heavy atom. The average Bonchev–Trinajstić information content (AvgIpc) is 2.98. The van der Waals surface area contributed by atoms with E-state index in [9.17, 15) is 14.7 Å². The third kappa shape index (κ3) is 3.27. The van der Waals surface area contributed by atoms with E-state index in [4.69, 9.17) is 0 Å². The molecule has 2 N–H and O–H groups in total. The first-order chi connectivity index (χ1) is 9.05. The predicted molar refractivity (Wildman–Crippen MR) is 75.6 cm³/mol. The zero-order valence-corrected chi connectivity index (χ0v) is 12.3. The zero-order chi connectivity index (χ0) is 13.9. The molecule has 0 aliphatic carbocycles. The lowest BCUT2D eigenvalue weighted by atomic mass is 9.99. The third-order valence-electron chi connectivity index (χ3n) is 3.05. The van der Waals surface area contributed by atoms with Gasteiger partial charge in [0.15, 0.2) is 0 Å². The van der Waals surface area contributed by atoms with Crippen molar-refractivity contribution in [2.75, 3.05) is 11.5 Å². The van der Waals surface area contributed by atoms with Crippen molar-refractivity contribution < 1.29 is 14.7 Å². The lowest BCUT2D eigenvalue weighted by Crippen LogP contribution is -2.55. The Kier molecular flexibility index (Phi) is 4.46. The van der Waals surface area contributed by atoms with E-state index in [1.807, 2.05) is 12.3 Å². The van der Waals surface area contributed by atoms with Crippen LogP contribution in [0.3, 0.4) is 0 Å². The van der Waals surface area contributed by atoms with Crippen molar-refractivity contribution in [1.29, 1.82) is 0 Å². The number of aryl methyl sites for hydroxylation is 1. The van der Waals surface area contributed by atoms with E-state index >= 15 is 0 Å². The SMILES string of the molecule is CCc1nc(CC(=O)NC2(C(=O)O)CCSC2)cs1. The molecule has 0 bridgehead atoms. The number of thiazole rings is 1. The van der Waals surface area contributed by atoms with Gasteiger partial charge in [0.1, 0.15) is 5.54 Å². The number of aliphatic carboxylic acids is 1. The monoisotopic (exact) mass is 300 g/mol. The van der Waals surface area contributed by atoms with Crippen LogP contribution in [0.15, 0.2) is 5.38 Å². The Morgan fingerprint density at radius 3 is 2.89 bits per heavy atom. The normalized spacial score (nSPS) is 22.4. The molecule has 7 heteroatoms. The molecule has 1 saturated heterocycles. The number of amides is 1. The second kappa shape index (κ2) is 5.92. The lowest BCUT2D eigenvalue weighted by Gasteiger charge is -2.24. The summed E-state index contributed by atoms with van der Waals surface area (Å²) in [5.41, 5.74) is -0.378. The molecule has 2 heterocycles. The smallest absolute Gasteiger partial charge is 0.330 e. The summed E-state index contributed by atoms with van der Waals surface area (Å²) >= 11 is 3.08. The predicted octanol–water partition coefficient (Wildman–Crippen LogP) is 1.32. The summed E-state index contributed by atoms with van der Waals surface area (Å²) in [4.78, 5) is 27.6. The molecule has 1 aromatic rings. The molecule has 1 aromatic heterocycles. The minimum atomic E-state index is -1.09. The molecule has 104 valence electrons. The summed E-state index contributed by atoms with van der Waals surface area (Å²) in [6.45, 7) is 2.01. The molecule has 19 heavy (non-hydrogen) atoms. The van der Waals surface area contributed by atoms with Crippen LogP contribution in [0.4, 0.5) is 0 Å². The van der Waals surface area contributed by atoms with Gasteiger partial charge in [-0.05, 0) is 18.6 Å². The number of nitrogens with zero attached hydrogens (tertiary/aromatic N) is 1. The van der Waals surface area contributed by atoms with Crippen molar-refractivity contribution in [3.05, 3.63) is 16.1 Å². The summed E-state index contributed by atoms with van der Waals surface area (Å²) in [6.07, 6.45) is 1.48. The van der Waals surface area contributed by atoms with Gasteiger partial charge in [-0.2, -0.15) is 11.8 Å². The first-order valence-corrected chi connectivity index (χ1v) is 8.14. The van der Waals surface area contributed by atoms with Gasteiger partial charge in [0, 0.05) is 11.1 Å². The van der Waals surface area contributed by atoms with Crippen LogP contribution in [0.1, 0.15) is 24.0 Å². The molecular weight excluding hydrogens is 284 g/mol. The number of nitrogens with one attached hydrogen (secondary N) is 1. The van der Waals surface area contributed by atoms with Gasteiger partial charge >= 0.3 is 5.97 Å². The number of hydrogen-bond acceptors (Lipinski definition) is 5. The maximum Gasteiger partial charge on any atom is 0.330 e. The highest BCUT2D eigenvalue weighted by atomic mass is 32.2. The summed E-state index contributed by atoms with van der Waals surface area (Å²) in [7, 11) is 0. The molecule has 2 rings (SSSR count). The van der Waals surface area contributed by atoms with E-state index in [1.54, 1.807) is 11.8 Å². The Labute approximate surface area is 119 Å². The molecule has 1 amide bonds. The fourth-order valence-electron chi connectivity index (χ4n) is 1.95. The van der Waals surface area contributed by atoms with Crippen LogP contribution in [0.25, 0.3) is 0 Å². The van der Waals surface area contributed by atoms with Gasteiger partial charge < -0.3 is 10.4 Å². The van der Waals surface area contributed by atoms with E-state index in [-0.39, 0.29) is 12.3 Å². The molecule has 1 atom stereocenters. The molecule has 0 aromatic carbocycles. The van der Waals surface area contributed by atoms with E-state index in [0.717, 1.165) is 17.2 Å². The molecule has 0 radical (unpaired) electrons. The van der Waals surface area contributed by atoms with Gasteiger partial charge in [0.25, 0.3) is 0 Å². The summed E-state index contributed by atoms with van der Waals surface area (Å²) < 4.78 is 0. The molecule has 0 spiro atoms. The molecule has 5 nitrogen and oxygen atoms in total. The lowest BCUT2D eigenvalue weighted by molar-refractivity contribution is -0.146. The van der Waals surface area contributed by atoms with Gasteiger partial charge in [-0.3, -0.25) is 4.79 Å². The zero-order valence-electron chi connectivity index (χ0n) is 10.6. The largest absolute Gasteiger partial charge is 0.479 e. The van der Waals surface area contributed by atoms with E-state index in [2.05, 4.69) is 10.3 Å². The van der Waals surface area contributed by atoms with Crippen molar-refractivity contribution >= 4 is 35.0 Å². The van der Waals surface area contributed by atoms with E-state index < -0.39 is 11.5 Å². The summed E-state index contributed by atoms with van der Waals surface area (Å²) in [5.74, 6) is -0.00884. The molecule has 1 fully saturated rings. The van der Waals surface area contributed by atoms with Crippen molar-refractivity contribution in [3.63, 3.8) is 0 Å². The van der Waals surface area contributed by atoms with E-state index in [0.29, 0.717) is 17.9 Å². The number of hydrogen-bond donors (Lipinski definition) is 2. The van der Waals surface area contributed by atoms with Crippen LogP contribution in [0.2, 0.25) is 0 Å². The van der Waals surface area contributed by atoms with Crippen LogP contribution in [0.5, 0.6) is 0 Å². The summed E-state index contributed by atoms with van der Waals surface area (Å²) in [5, 5.41) is 14.8. The first-order valence-electron chi connectivity index (χ1n) is 6.11. The highest BCUT2D eigenvalue weighted by Gasteiger charge is 2.43. The second-order valence-electron chi connectivity index (χ2n) is 4.50. The van der Waals surface area contributed by atoms with Crippen molar-refractivity contribution in [3.8, 4) is 0 Å². The quantitative estimate of drug-likeness (QED) is 0.857. The Morgan fingerprint density at radius 1 is 1.58 bits per heavy atom. The Balaban J connectivity index is 1.98. The molecule has 1 aliphatic rings. The van der Waals surface area contributed by atoms with Crippen LogP contribution < -0.4 is 5.32 Å². The number of aromatic nitrogens is 1. The van der Waals surface area contributed by atoms with Crippen LogP contribution in [0, 0.1) is 0 Å². The average molecular weight is 300 g/mol. The van der Waals surface area contributed by atoms with Gasteiger partial charge in [0.2, 0.25) is 5.91 Å². The third-order valence-corrected chi connectivity index (χ3v) is 5.28. The standard InChI is InChI=1S/C12H16N2O3S2/c1-2-10-13-8(6-19-10)5-9(15)14-12(11(16)17)3-4-18-7-12/h6H,2-5,7H2,1H3,(H,14,15)(H,16,17). The number of thioether (sulfide) groups is 1.